The van der Waals surface area contributed by atoms with Crippen molar-refractivity contribution in [1.29, 1.82) is 0 Å². The lowest BCUT2D eigenvalue weighted by Gasteiger charge is -2.26. The third-order valence-electron chi connectivity index (χ3n) is 6.09. The van der Waals surface area contributed by atoms with E-state index in [4.69, 9.17) is 9.47 Å². The minimum atomic E-state index is 0.0708. The van der Waals surface area contributed by atoms with Crippen LogP contribution in [0.25, 0.3) is 0 Å². The van der Waals surface area contributed by atoms with Crippen molar-refractivity contribution < 1.29 is 14.3 Å². The molecule has 0 bridgehead atoms. The summed E-state index contributed by atoms with van der Waals surface area (Å²) in [6, 6.07) is 5.93. The molecule has 150 valence electrons. The normalized spacial score (nSPS) is 18.8. The van der Waals surface area contributed by atoms with Gasteiger partial charge in [-0.15, -0.1) is 0 Å². The molecule has 0 saturated carbocycles. The number of fused-ring (bicyclic) bond motifs is 1. The Morgan fingerprint density at radius 3 is 2.89 bits per heavy atom. The van der Waals surface area contributed by atoms with E-state index in [1.165, 1.54) is 24.1 Å². The number of methoxy groups -OCH3 is 2. The van der Waals surface area contributed by atoms with Crippen molar-refractivity contribution >= 4 is 5.91 Å². The molecule has 1 aliphatic heterocycles. The molecule has 1 atom stereocenters. The molecule has 1 aromatic carbocycles. The summed E-state index contributed by atoms with van der Waals surface area (Å²) < 4.78 is 10.9. The minimum absolute atomic E-state index is 0.0708. The molecule has 1 fully saturated rings. The fourth-order valence-corrected chi connectivity index (χ4v) is 4.61. The summed E-state index contributed by atoms with van der Waals surface area (Å²) in [5.41, 5.74) is 4.77. The van der Waals surface area contributed by atoms with E-state index >= 15 is 0 Å². The number of carbonyl (C=O) groups excluding carboxylic acids is 1. The van der Waals surface area contributed by atoms with Crippen LogP contribution in [-0.2, 0) is 24.1 Å². The lowest BCUT2D eigenvalue weighted by molar-refractivity contribution is -0.132. The first-order valence-electron chi connectivity index (χ1n) is 10.3. The van der Waals surface area contributed by atoms with Crippen LogP contribution in [0.5, 0.6) is 11.5 Å². The van der Waals surface area contributed by atoms with Crippen molar-refractivity contribution in [3.8, 4) is 11.5 Å². The molecule has 1 aromatic heterocycles. The third-order valence-corrected chi connectivity index (χ3v) is 6.09. The first kappa shape index (κ1) is 18.8. The smallest absolute Gasteiger partial charge is 0.223 e. The predicted octanol–water partition coefficient (Wildman–Crippen LogP) is 3.60. The summed E-state index contributed by atoms with van der Waals surface area (Å²) in [5, 5.41) is 7.67. The van der Waals surface area contributed by atoms with Crippen molar-refractivity contribution in [3.63, 3.8) is 0 Å². The van der Waals surface area contributed by atoms with E-state index in [0.717, 1.165) is 55.0 Å². The average Bonchev–Trinajstić information content (AvgIpc) is 3.38. The number of amides is 1. The molecule has 1 aliphatic carbocycles. The van der Waals surface area contributed by atoms with E-state index in [9.17, 15) is 4.79 Å². The standard InChI is InChI=1S/C22H29N3O3/c1-27-15-9-10-17(21(14-15)28-2)20-8-5-13-25(20)22(26)12-11-19-16-6-3-4-7-18(16)23-24-19/h9-10,14,20H,3-8,11-13H2,1-2H3,(H,23,24)/t20-/m1/s1. The topological polar surface area (TPSA) is 67.5 Å². The van der Waals surface area contributed by atoms with Gasteiger partial charge in [0.1, 0.15) is 11.5 Å². The Kier molecular flexibility index (Phi) is 5.55. The molecular weight excluding hydrogens is 354 g/mol. The summed E-state index contributed by atoms with van der Waals surface area (Å²) >= 11 is 0. The highest BCUT2D eigenvalue weighted by atomic mass is 16.5. The zero-order valence-corrected chi connectivity index (χ0v) is 16.8. The van der Waals surface area contributed by atoms with Crippen molar-refractivity contribution in [2.24, 2.45) is 0 Å². The van der Waals surface area contributed by atoms with Crippen LogP contribution in [0.15, 0.2) is 18.2 Å². The molecule has 6 heteroatoms. The van der Waals surface area contributed by atoms with E-state index in [1.807, 2.05) is 23.1 Å². The van der Waals surface area contributed by atoms with Gasteiger partial charge in [-0.05, 0) is 56.2 Å². The Morgan fingerprint density at radius 2 is 2.07 bits per heavy atom. The first-order valence-corrected chi connectivity index (χ1v) is 10.3. The van der Waals surface area contributed by atoms with Crippen LogP contribution in [0.4, 0.5) is 0 Å². The third kappa shape index (κ3) is 3.60. The molecule has 1 N–H and O–H groups in total. The van der Waals surface area contributed by atoms with E-state index in [1.54, 1.807) is 14.2 Å². The van der Waals surface area contributed by atoms with Crippen LogP contribution in [-0.4, -0.2) is 41.8 Å². The van der Waals surface area contributed by atoms with Crippen LogP contribution in [0, 0.1) is 0 Å². The van der Waals surface area contributed by atoms with Gasteiger partial charge in [-0.25, -0.2) is 0 Å². The fraction of sp³-hybridized carbons (Fsp3) is 0.545. The number of ether oxygens (including phenoxy) is 2. The molecule has 28 heavy (non-hydrogen) atoms. The number of hydrogen-bond acceptors (Lipinski definition) is 4. The number of aromatic nitrogens is 2. The van der Waals surface area contributed by atoms with Crippen LogP contribution in [0.1, 0.15) is 60.7 Å². The molecule has 2 aromatic rings. The fourth-order valence-electron chi connectivity index (χ4n) is 4.61. The average molecular weight is 383 g/mol. The number of nitrogens with one attached hydrogen (secondary N) is 1. The zero-order chi connectivity index (χ0) is 19.5. The second-order valence-corrected chi connectivity index (χ2v) is 7.69. The Balaban J connectivity index is 1.46. The summed E-state index contributed by atoms with van der Waals surface area (Å²) in [5.74, 6) is 1.75. The molecule has 2 aliphatic rings. The molecule has 0 unspecified atom stereocenters. The van der Waals surface area contributed by atoms with Gasteiger partial charge in [0.25, 0.3) is 0 Å². The maximum absolute atomic E-state index is 13.0. The van der Waals surface area contributed by atoms with Crippen LogP contribution in [0.3, 0.4) is 0 Å². The SMILES string of the molecule is COc1ccc([C@H]2CCCN2C(=O)CCc2n[nH]c3c2CCCC3)c(OC)c1. The number of carbonyl (C=O) groups is 1. The molecule has 1 amide bonds. The van der Waals surface area contributed by atoms with E-state index in [0.29, 0.717) is 12.8 Å². The van der Waals surface area contributed by atoms with Gasteiger partial charge in [-0.1, -0.05) is 0 Å². The summed E-state index contributed by atoms with van der Waals surface area (Å²) in [7, 11) is 3.31. The largest absolute Gasteiger partial charge is 0.497 e. The lowest BCUT2D eigenvalue weighted by Crippen LogP contribution is -2.31. The molecule has 6 nitrogen and oxygen atoms in total. The quantitative estimate of drug-likeness (QED) is 0.828. The highest BCUT2D eigenvalue weighted by Gasteiger charge is 2.32. The highest BCUT2D eigenvalue weighted by Crippen LogP contribution is 2.39. The van der Waals surface area contributed by atoms with Crippen LogP contribution >= 0.6 is 0 Å². The second kappa shape index (κ2) is 8.25. The number of nitrogens with zero attached hydrogens (tertiary/aromatic N) is 2. The number of aryl methyl sites for hydroxylation is 2. The van der Waals surface area contributed by atoms with Gasteiger partial charge in [0, 0.05) is 36.7 Å². The van der Waals surface area contributed by atoms with Crippen LogP contribution < -0.4 is 9.47 Å². The van der Waals surface area contributed by atoms with Crippen LogP contribution in [0.2, 0.25) is 0 Å². The van der Waals surface area contributed by atoms with Gasteiger partial charge < -0.3 is 14.4 Å². The Labute approximate surface area is 166 Å². The van der Waals surface area contributed by atoms with Crippen molar-refractivity contribution in [2.75, 3.05) is 20.8 Å². The molecule has 1 saturated heterocycles. The Morgan fingerprint density at radius 1 is 1.21 bits per heavy atom. The van der Waals surface area contributed by atoms with Gasteiger partial charge in [-0.3, -0.25) is 9.89 Å². The Bertz CT molecular complexity index is 846. The van der Waals surface area contributed by atoms with Gasteiger partial charge >= 0.3 is 0 Å². The van der Waals surface area contributed by atoms with Crippen molar-refractivity contribution in [3.05, 3.63) is 40.7 Å². The number of likely N-dealkylation sites (tertiary alicyclic amines) is 1. The van der Waals surface area contributed by atoms with Crippen molar-refractivity contribution in [2.45, 2.75) is 57.4 Å². The monoisotopic (exact) mass is 383 g/mol. The number of aromatic amines is 1. The summed E-state index contributed by atoms with van der Waals surface area (Å²) in [4.78, 5) is 15.1. The summed E-state index contributed by atoms with van der Waals surface area (Å²) in [6.45, 7) is 0.803. The highest BCUT2D eigenvalue weighted by molar-refractivity contribution is 5.77. The zero-order valence-electron chi connectivity index (χ0n) is 16.8. The second-order valence-electron chi connectivity index (χ2n) is 7.69. The maximum atomic E-state index is 13.0. The lowest BCUT2D eigenvalue weighted by atomic mass is 9.94. The first-order chi connectivity index (χ1) is 13.7. The number of hydrogen-bond donors (Lipinski definition) is 1. The molecule has 2 heterocycles. The van der Waals surface area contributed by atoms with Crippen molar-refractivity contribution in [1.82, 2.24) is 15.1 Å². The molecule has 0 spiro atoms. The van der Waals surface area contributed by atoms with E-state index in [2.05, 4.69) is 10.2 Å². The molecular formula is C22H29N3O3. The van der Waals surface area contributed by atoms with Gasteiger partial charge in [0.05, 0.1) is 26.0 Å². The number of rotatable bonds is 6. The molecule has 4 rings (SSSR count). The van der Waals surface area contributed by atoms with Gasteiger partial charge in [0.2, 0.25) is 5.91 Å². The minimum Gasteiger partial charge on any atom is -0.497 e. The summed E-state index contributed by atoms with van der Waals surface area (Å²) in [6.07, 6.45) is 7.83. The number of benzene rings is 1. The van der Waals surface area contributed by atoms with E-state index in [-0.39, 0.29) is 11.9 Å². The predicted molar refractivity (Wildman–Crippen MR) is 107 cm³/mol. The van der Waals surface area contributed by atoms with Gasteiger partial charge in [-0.2, -0.15) is 5.10 Å². The van der Waals surface area contributed by atoms with E-state index < -0.39 is 0 Å². The number of H-pyrrole nitrogens is 1. The molecule has 0 radical (unpaired) electrons. The van der Waals surface area contributed by atoms with Gasteiger partial charge in [0.15, 0.2) is 0 Å². The maximum Gasteiger partial charge on any atom is 0.223 e. The Hall–Kier alpha value is -2.50.